The number of amides is 1. The van der Waals surface area contributed by atoms with Crippen molar-refractivity contribution in [2.45, 2.75) is 13.5 Å². The summed E-state index contributed by atoms with van der Waals surface area (Å²) in [6, 6.07) is 12.5. The van der Waals surface area contributed by atoms with Crippen LogP contribution < -0.4 is 19.5 Å². The molecule has 1 aliphatic rings. The highest BCUT2D eigenvalue weighted by molar-refractivity contribution is 7.09. The van der Waals surface area contributed by atoms with E-state index in [1.165, 1.54) is 0 Å². The van der Waals surface area contributed by atoms with Gasteiger partial charge in [0, 0.05) is 17.1 Å². The van der Waals surface area contributed by atoms with E-state index >= 15 is 0 Å². The van der Waals surface area contributed by atoms with Crippen LogP contribution in [-0.2, 0) is 6.61 Å². The predicted octanol–water partition coefficient (Wildman–Crippen LogP) is 4.05. The first kappa shape index (κ1) is 17.4. The van der Waals surface area contributed by atoms with Crippen molar-refractivity contribution in [3.63, 3.8) is 0 Å². The van der Waals surface area contributed by atoms with Gasteiger partial charge < -0.3 is 19.5 Å². The largest absolute Gasteiger partial charge is 0.486 e. The van der Waals surface area contributed by atoms with Crippen LogP contribution in [0.4, 0.5) is 5.69 Å². The highest BCUT2D eigenvalue weighted by Gasteiger charge is 2.16. The molecule has 1 aliphatic heterocycles. The average molecular weight is 382 g/mol. The number of hydrogen-bond acceptors (Lipinski definition) is 6. The van der Waals surface area contributed by atoms with Crippen molar-refractivity contribution in [2.24, 2.45) is 0 Å². The van der Waals surface area contributed by atoms with Gasteiger partial charge in [-0.25, -0.2) is 4.98 Å². The molecule has 27 heavy (non-hydrogen) atoms. The fraction of sp³-hybridized carbons (Fsp3) is 0.200. The van der Waals surface area contributed by atoms with Crippen molar-refractivity contribution in [1.82, 2.24) is 4.98 Å². The molecule has 138 valence electrons. The molecular weight excluding hydrogens is 364 g/mol. The Hall–Kier alpha value is -3.06. The number of anilines is 1. The molecule has 0 bridgehead atoms. The molecule has 0 fully saturated rings. The molecule has 0 saturated carbocycles. The summed E-state index contributed by atoms with van der Waals surface area (Å²) in [6.07, 6.45) is 0. The summed E-state index contributed by atoms with van der Waals surface area (Å²) in [5, 5.41) is 5.82. The second-order valence-corrected chi connectivity index (χ2v) is 7.02. The van der Waals surface area contributed by atoms with Gasteiger partial charge in [-0.3, -0.25) is 4.79 Å². The third-order valence-electron chi connectivity index (χ3n) is 3.97. The van der Waals surface area contributed by atoms with Crippen LogP contribution in [-0.4, -0.2) is 24.1 Å². The van der Waals surface area contributed by atoms with E-state index in [4.69, 9.17) is 14.2 Å². The Kier molecular flexibility index (Phi) is 4.93. The maximum Gasteiger partial charge on any atom is 0.259 e. The zero-order chi connectivity index (χ0) is 18.6. The summed E-state index contributed by atoms with van der Waals surface area (Å²) in [4.78, 5) is 17.1. The zero-order valence-electron chi connectivity index (χ0n) is 14.7. The molecule has 7 heteroatoms. The minimum atomic E-state index is -0.253. The van der Waals surface area contributed by atoms with E-state index in [9.17, 15) is 4.79 Å². The van der Waals surface area contributed by atoms with Gasteiger partial charge in [0.1, 0.15) is 25.6 Å². The van der Waals surface area contributed by atoms with Crippen molar-refractivity contribution in [3.8, 4) is 17.2 Å². The first-order valence-corrected chi connectivity index (χ1v) is 9.41. The summed E-state index contributed by atoms with van der Waals surface area (Å²) in [7, 11) is 0. The van der Waals surface area contributed by atoms with Crippen molar-refractivity contribution in [3.05, 3.63) is 64.1 Å². The Labute approximate surface area is 160 Å². The second kappa shape index (κ2) is 7.67. The molecule has 0 spiro atoms. The molecule has 0 radical (unpaired) electrons. The van der Waals surface area contributed by atoms with E-state index in [0.29, 0.717) is 48.3 Å². The van der Waals surface area contributed by atoms with Crippen molar-refractivity contribution in [1.29, 1.82) is 0 Å². The lowest BCUT2D eigenvalue weighted by atomic mass is 10.1. The number of ether oxygens (including phenoxy) is 3. The lowest BCUT2D eigenvalue weighted by molar-refractivity contribution is 0.102. The third-order valence-corrected chi connectivity index (χ3v) is 4.80. The summed E-state index contributed by atoms with van der Waals surface area (Å²) in [5.41, 5.74) is 1.94. The number of aryl methyl sites for hydroxylation is 1. The van der Waals surface area contributed by atoms with E-state index < -0.39 is 0 Å². The van der Waals surface area contributed by atoms with Crippen LogP contribution in [0, 0.1) is 6.92 Å². The van der Waals surface area contributed by atoms with E-state index in [2.05, 4.69) is 10.3 Å². The Bertz CT molecular complexity index is 970. The van der Waals surface area contributed by atoms with Gasteiger partial charge in [-0.1, -0.05) is 12.1 Å². The maximum absolute atomic E-state index is 12.7. The Balaban J connectivity index is 1.48. The summed E-state index contributed by atoms with van der Waals surface area (Å²) in [5.74, 6) is 1.57. The number of nitrogens with one attached hydrogen (secondary N) is 1. The summed E-state index contributed by atoms with van der Waals surface area (Å²) >= 11 is 1.57. The molecule has 0 saturated heterocycles. The molecule has 0 aliphatic carbocycles. The summed E-state index contributed by atoms with van der Waals surface area (Å²) in [6.45, 7) is 3.29. The Morgan fingerprint density at radius 3 is 2.81 bits per heavy atom. The Morgan fingerprint density at radius 2 is 2.00 bits per heavy atom. The van der Waals surface area contributed by atoms with Crippen LogP contribution >= 0.6 is 11.3 Å². The number of nitrogens with zero attached hydrogens (tertiary/aromatic N) is 1. The van der Waals surface area contributed by atoms with E-state index in [0.717, 1.165) is 10.7 Å². The minimum absolute atomic E-state index is 0.253. The smallest absolute Gasteiger partial charge is 0.259 e. The monoisotopic (exact) mass is 382 g/mol. The highest BCUT2D eigenvalue weighted by atomic mass is 32.1. The second-order valence-electron chi connectivity index (χ2n) is 5.96. The minimum Gasteiger partial charge on any atom is -0.486 e. The molecule has 1 N–H and O–H groups in total. The van der Waals surface area contributed by atoms with Gasteiger partial charge in [0.05, 0.1) is 16.3 Å². The standard InChI is InChI=1S/C20H18N2O4S/c1-13-21-15(12-27-13)11-26-17-5-3-2-4-16(17)20(23)22-14-6-7-18-19(10-14)25-9-8-24-18/h2-7,10,12H,8-9,11H2,1H3,(H,22,23). The molecule has 2 aromatic carbocycles. The van der Waals surface area contributed by atoms with Crippen LogP contribution in [0.3, 0.4) is 0 Å². The Morgan fingerprint density at radius 1 is 1.19 bits per heavy atom. The molecule has 4 rings (SSSR count). The predicted molar refractivity (Wildman–Crippen MR) is 103 cm³/mol. The number of aromatic nitrogens is 1. The summed E-state index contributed by atoms with van der Waals surface area (Å²) < 4.78 is 16.9. The fourth-order valence-electron chi connectivity index (χ4n) is 2.73. The van der Waals surface area contributed by atoms with Gasteiger partial charge in [-0.15, -0.1) is 11.3 Å². The van der Waals surface area contributed by atoms with Gasteiger partial charge in [0.2, 0.25) is 0 Å². The van der Waals surface area contributed by atoms with E-state index in [-0.39, 0.29) is 5.91 Å². The molecule has 2 heterocycles. The van der Waals surface area contributed by atoms with E-state index in [1.54, 1.807) is 47.7 Å². The molecule has 6 nitrogen and oxygen atoms in total. The van der Waals surface area contributed by atoms with Gasteiger partial charge in [0.15, 0.2) is 11.5 Å². The lowest BCUT2D eigenvalue weighted by Gasteiger charge is -2.19. The molecule has 0 atom stereocenters. The molecule has 1 amide bonds. The molecular formula is C20H18N2O4S. The van der Waals surface area contributed by atoms with Crippen LogP contribution in [0.2, 0.25) is 0 Å². The van der Waals surface area contributed by atoms with Gasteiger partial charge >= 0.3 is 0 Å². The van der Waals surface area contributed by atoms with Crippen molar-refractivity contribution in [2.75, 3.05) is 18.5 Å². The first-order chi connectivity index (χ1) is 13.2. The van der Waals surface area contributed by atoms with Crippen LogP contribution in [0.25, 0.3) is 0 Å². The zero-order valence-corrected chi connectivity index (χ0v) is 15.5. The number of fused-ring (bicyclic) bond motifs is 1. The third kappa shape index (κ3) is 4.03. The topological polar surface area (TPSA) is 69.7 Å². The average Bonchev–Trinajstić information content (AvgIpc) is 3.11. The van der Waals surface area contributed by atoms with Crippen molar-refractivity contribution < 1.29 is 19.0 Å². The van der Waals surface area contributed by atoms with Crippen LogP contribution in [0.15, 0.2) is 47.8 Å². The SMILES string of the molecule is Cc1nc(COc2ccccc2C(=O)Nc2ccc3c(c2)OCCO3)cs1. The quantitative estimate of drug-likeness (QED) is 0.721. The normalized spacial score (nSPS) is 12.5. The number of rotatable bonds is 5. The van der Waals surface area contributed by atoms with Gasteiger partial charge in [-0.2, -0.15) is 0 Å². The van der Waals surface area contributed by atoms with Gasteiger partial charge in [-0.05, 0) is 31.2 Å². The first-order valence-electron chi connectivity index (χ1n) is 8.53. The van der Waals surface area contributed by atoms with E-state index in [1.807, 2.05) is 18.4 Å². The van der Waals surface area contributed by atoms with Crippen LogP contribution in [0.5, 0.6) is 17.2 Å². The number of hydrogen-bond donors (Lipinski definition) is 1. The van der Waals surface area contributed by atoms with Crippen LogP contribution in [0.1, 0.15) is 21.1 Å². The van der Waals surface area contributed by atoms with Gasteiger partial charge in [0.25, 0.3) is 5.91 Å². The maximum atomic E-state index is 12.7. The number of thiazole rings is 1. The molecule has 1 aromatic heterocycles. The fourth-order valence-corrected chi connectivity index (χ4v) is 3.32. The molecule has 3 aromatic rings. The number of benzene rings is 2. The lowest BCUT2D eigenvalue weighted by Crippen LogP contribution is -2.17. The van der Waals surface area contributed by atoms with Crippen molar-refractivity contribution >= 4 is 22.9 Å². The molecule has 0 unspecified atom stereocenters. The highest BCUT2D eigenvalue weighted by Crippen LogP contribution is 2.33. The number of carbonyl (C=O) groups is 1. The number of carbonyl (C=O) groups excluding carboxylic acids is 1. The number of para-hydroxylation sites is 1.